The summed E-state index contributed by atoms with van der Waals surface area (Å²) < 4.78 is 59.7. The van der Waals surface area contributed by atoms with E-state index in [1.54, 1.807) is 24.3 Å². The Labute approximate surface area is 253 Å². The van der Waals surface area contributed by atoms with Crippen molar-refractivity contribution < 1.29 is 51.4 Å². The average molecular weight is 571 g/mol. The van der Waals surface area contributed by atoms with Crippen molar-refractivity contribution in [1.29, 1.82) is 0 Å². The van der Waals surface area contributed by atoms with Gasteiger partial charge in [0.1, 0.15) is 9.79 Å². The van der Waals surface area contributed by atoms with Crippen LogP contribution in [0.15, 0.2) is 119 Å². The van der Waals surface area contributed by atoms with E-state index < -0.39 is 20.2 Å². The summed E-state index contributed by atoms with van der Waals surface area (Å²) in [5.74, 6) is 0. The molecule has 0 N–H and O–H groups in total. The summed E-state index contributed by atoms with van der Waals surface area (Å²) in [4.78, 5) is -0.371. The second-order valence-corrected chi connectivity index (χ2v) is 13.1. The number of benzene rings is 8. The van der Waals surface area contributed by atoms with Gasteiger partial charge in [-0.25, -0.2) is 0 Å². The predicted molar refractivity (Wildman–Crippen MR) is 157 cm³/mol. The molecule has 40 heavy (non-hydrogen) atoms. The van der Waals surface area contributed by atoms with Crippen LogP contribution in [0.25, 0.3) is 64.6 Å². The van der Waals surface area contributed by atoms with Crippen molar-refractivity contribution in [3.05, 3.63) is 109 Å². The summed E-state index contributed by atoms with van der Waals surface area (Å²) in [5.41, 5.74) is 0. The van der Waals surface area contributed by atoms with Crippen LogP contribution in [0.1, 0.15) is 1.43 Å². The van der Waals surface area contributed by atoms with Crippen LogP contribution in [0, 0.1) is 0 Å². The van der Waals surface area contributed by atoms with Crippen LogP contribution < -0.4 is 29.6 Å². The largest absolute Gasteiger partial charge is 1.00 e. The van der Waals surface area contributed by atoms with E-state index in [0.717, 1.165) is 53.9 Å². The molecule has 0 atom stereocenters. The van der Waals surface area contributed by atoms with Crippen molar-refractivity contribution in [3.63, 3.8) is 0 Å². The molecule has 0 saturated carbocycles. The zero-order chi connectivity index (χ0) is 26.5. The molecule has 0 aliphatic heterocycles. The Morgan fingerprint density at radius 3 is 1.07 bits per heavy atom. The van der Waals surface area contributed by atoms with E-state index in [0.29, 0.717) is 10.8 Å². The van der Waals surface area contributed by atoms with Gasteiger partial charge >= 0.3 is 49.8 Å². The second kappa shape index (κ2) is 8.85. The molecule has 5 nitrogen and oxygen atoms in total. The van der Waals surface area contributed by atoms with Gasteiger partial charge in [0.05, 0.1) is 0 Å². The van der Waals surface area contributed by atoms with Gasteiger partial charge in [0, 0.05) is 10.8 Å². The van der Waals surface area contributed by atoms with E-state index in [-0.39, 0.29) is 40.8 Å². The van der Waals surface area contributed by atoms with Gasteiger partial charge in [0.15, 0.2) is 0 Å². The summed E-state index contributed by atoms with van der Waals surface area (Å²) in [6.07, 6.45) is 0. The van der Waals surface area contributed by atoms with Crippen LogP contribution in [0.4, 0.5) is 0 Å². The standard InChI is InChI=1S/C32H18O5S2.Na.H/c33-38(34,27-17-13-23-9-7-19-3-1-5-21-11-15-25(27)31(23)29(19)21)37-39(35,36)28-18-14-24-10-8-20-4-2-6-22-12-16-26(28)32(24)30(20)22;;/h1-18H;;/q;+1;-1. The third-order valence-electron chi connectivity index (χ3n) is 7.70. The zero-order valence-electron chi connectivity index (χ0n) is 22.3. The molecule has 0 spiro atoms. The summed E-state index contributed by atoms with van der Waals surface area (Å²) in [6.45, 7) is 0. The summed E-state index contributed by atoms with van der Waals surface area (Å²) >= 11 is 0. The summed E-state index contributed by atoms with van der Waals surface area (Å²) in [5, 5.41) is 9.84. The van der Waals surface area contributed by atoms with E-state index in [9.17, 15) is 16.8 Å². The molecule has 0 aromatic heterocycles. The fraction of sp³-hybridized carbons (Fsp3) is 0. The van der Waals surface area contributed by atoms with E-state index in [4.69, 9.17) is 3.63 Å². The summed E-state index contributed by atoms with van der Waals surface area (Å²) in [6, 6.07) is 32.9. The Balaban J connectivity index is 0.00000151. The van der Waals surface area contributed by atoms with Crippen LogP contribution in [0.5, 0.6) is 0 Å². The van der Waals surface area contributed by atoms with Crippen LogP contribution in [0.3, 0.4) is 0 Å². The zero-order valence-corrected chi connectivity index (χ0v) is 24.9. The normalized spacial score (nSPS) is 12.8. The number of hydrogen-bond donors (Lipinski definition) is 0. The molecule has 0 saturated heterocycles. The molecule has 0 fully saturated rings. The molecule has 8 rings (SSSR count). The summed E-state index contributed by atoms with van der Waals surface area (Å²) in [7, 11) is -9.42. The molecule has 8 aromatic carbocycles. The van der Waals surface area contributed by atoms with Crippen molar-refractivity contribution in [2.75, 3.05) is 0 Å². The topological polar surface area (TPSA) is 77.5 Å². The van der Waals surface area contributed by atoms with E-state index >= 15 is 0 Å². The van der Waals surface area contributed by atoms with E-state index in [1.807, 2.05) is 72.8 Å². The van der Waals surface area contributed by atoms with Gasteiger partial charge in [0.25, 0.3) is 0 Å². The van der Waals surface area contributed by atoms with Crippen LogP contribution in [0.2, 0.25) is 0 Å². The molecule has 8 aromatic rings. The first-order valence-corrected chi connectivity index (χ1v) is 15.2. The number of rotatable bonds is 4. The van der Waals surface area contributed by atoms with Crippen LogP contribution in [-0.4, -0.2) is 16.8 Å². The van der Waals surface area contributed by atoms with Gasteiger partial charge in [0.2, 0.25) is 0 Å². The van der Waals surface area contributed by atoms with Gasteiger partial charge in [-0.3, -0.25) is 0 Å². The van der Waals surface area contributed by atoms with Crippen molar-refractivity contribution in [1.82, 2.24) is 0 Å². The quantitative estimate of drug-likeness (QED) is 0.227. The van der Waals surface area contributed by atoms with Gasteiger partial charge in [-0.2, -0.15) is 16.8 Å². The maximum Gasteiger partial charge on any atom is 1.00 e. The smallest absolute Gasteiger partial charge is 1.00 e. The third kappa shape index (κ3) is 3.59. The molecule has 8 heteroatoms. The van der Waals surface area contributed by atoms with E-state index in [2.05, 4.69) is 0 Å². The fourth-order valence-electron chi connectivity index (χ4n) is 6.04. The molecule has 0 aliphatic carbocycles. The first kappa shape index (κ1) is 25.7. The molecular formula is C32H19NaO5S2. The molecule has 0 amide bonds. The molecule has 0 unspecified atom stereocenters. The van der Waals surface area contributed by atoms with Gasteiger partial charge < -0.3 is 1.43 Å². The minimum Gasteiger partial charge on any atom is -1.00 e. The Morgan fingerprint density at radius 2 is 0.700 bits per heavy atom. The SMILES string of the molecule is O=S(=O)(OS(=O)(=O)c1ccc2ccc3cccc4ccc1c2c34)c1ccc2ccc3cccc4ccc1c2c34.[H-].[Na+]. The first-order valence-electron chi connectivity index (χ1n) is 12.4. The van der Waals surface area contributed by atoms with Gasteiger partial charge in [-0.1, -0.05) is 97.1 Å². The molecule has 0 radical (unpaired) electrons. The van der Waals surface area contributed by atoms with Gasteiger partial charge in [-0.05, 0) is 66.0 Å². The first-order chi connectivity index (χ1) is 18.8. The van der Waals surface area contributed by atoms with E-state index in [1.165, 1.54) is 12.1 Å². The molecule has 0 aliphatic rings. The maximum atomic E-state index is 13.6. The second-order valence-electron chi connectivity index (χ2n) is 9.82. The minimum absolute atomic E-state index is 0. The Bertz CT molecular complexity index is 2300. The average Bonchev–Trinajstić information content (AvgIpc) is 2.94. The van der Waals surface area contributed by atoms with Crippen LogP contribution in [-0.2, 0) is 23.9 Å². The fourth-order valence-corrected chi connectivity index (χ4v) is 8.92. The Hall–Kier alpha value is -3.30. The van der Waals surface area contributed by atoms with Crippen LogP contribution >= 0.6 is 0 Å². The predicted octanol–water partition coefficient (Wildman–Crippen LogP) is 4.69. The molecular weight excluding hydrogens is 551 g/mol. The third-order valence-corrected chi connectivity index (χ3v) is 10.9. The van der Waals surface area contributed by atoms with Crippen molar-refractivity contribution in [3.8, 4) is 0 Å². The minimum atomic E-state index is -4.71. The van der Waals surface area contributed by atoms with Crippen molar-refractivity contribution in [2.24, 2.45) is 0 Å². The molecule has 0 heterocycles. The van der Waals surface area contributed by atoms with Crippen molar-refractivity contribution in [2.45, 2.75) is 9.79 Å². The van der Waals surface area contributed by atoms with Gasteiger partial charge in [-0.15, -0.1) is 3.63 Å². The molecule has 190 valence electrons. The van der Waals surface area contributed by atoms with Crippen molar-refractivity contribution >= 4 is 84.9 Å². The molecule has 0 bridgehead atoms. The monoisotopic (exact) mass is 570 g/mol. The number of hydrogen-bond acceptors (Lipinski definition) is 5. The Morgan fingerprint density at radius 1 is 0.400 bits per heavy atom. The maximum absolute atomic E-state index is 13.6. The Kier molecular flexibility index (Phi) is 5.67.